The lowest BCUT2D eigenvalue weighted by Crippen LogP contribution is -2.31. The Morgan fingerprint density at radius 2 is 2.11 bits per heavy atom. The highest BCUT2D eigenvalue weighted by Gasteiger charge is 2.07. The van der Waals surface area contributed by atoms with Crippen molar-refractivity contribution in [3.63, 3.8) is 0 Å². The molecule has 0 aliphatic carbocycles. The van der Waals surface area contributed by atoms with Crippen LogP contribution < -0.4 is 10.0 Å². The first-order valence-electron chi connectivity index (χ1n) is 6.35. The van der Waals surface area contributed by atoms with Crippen LogP contribution in [0.1, 0.15) is 12.5 Å². The summed E-state index contributed by atoms with van der Waals surface area (Å²) >= 11 is 0. The van der Waals surface area contributed by atoms with Crippen LogP contribution in [-0.4, -0.2) is 32.2 Å². The number of hydrogen-bond acceptors (Lipinski definition) is 3. The van der Waals surface area contributed by atoms with Crippen LogP contribution in [0.3, 0.4) is 0 Å². The van der Waals surface area contributed by atoms with Gasteiger partial charge in [-0.1, -0.05) is 19.1 Å². The molecule has 0 unspecified atom stereocenters. The highest BCUT2D eigenvalue weighted by molar-refractivity contribution is 7.89. The molecule has 104 valence electrons. The molecule has 1 aromatic carbocycles. The summed E-state index contributed by atoms with van der Waals surface area (Å²) in [5.41, 5.74) is 2.23. The minimum atomic E-state index is -3.13. The quantitative estimate of drug-likeness (QED) is 0.668. The fourth-order valence-electron chi connectivity index (χ4n) is 1.94. The molecule has 19 heavy (non-hydrogen) atoms. The molecular formula is C13H19N3O2S. The number of benzene rings is 1. The minimum absolute atomic E-state index is 0.103. The molecule has 3 N–H and O–H groups in total. The lowest BCUT2D eigenvalue weighted by atomic mass is 10.1. The summed E-state index contributed by atoms with van der Waals surface area (Å²) in [4.78, 5) is 3.16. The van der Waals surface area contributed by atoms with Crippen molar-refractivity contribution < 1.29 is 8.42 Å². The van der Waals surface area contributed by atoms with Gasteiger partial charge in [0, 0.05) is 31.3 Å². The smallest absolute Gasteiger partial charge is 0.212 e. The Morgan fingerprint density at radius 1 is 1.26 bits per heavy atom. The first-order valence-corrected chi connectivity index (χ1v) is 8.00. The average molecular weight is 281 g/mol. The third kappa shape index (κ3) is 4.05. The molecule has 5 nitrogen and oxygen atoms in total. The number of aromatic amines is 1. The first-order chi connectivity index (χ1) is 9.11. The van der Waals surface area contributed by atoms with E-state index in [0.717, 1.165) is 11.1 Å². The molecule has 0 saturated carbocycles. The minimum Gasteiger partial charge on any atom is -0.361 e. The second-order valence-electron chi connectivity index (χ2n) is 4.39. The number of rotatable bonds is 7. The zero-order valence-electron chi connectivity index (χ0n) is 10.9. The Hall–Kier alpha value is -1.37. The van der Waals surface area contributed by atoms with Gasteiger partial charge in [0.1, 0.15) is 0 Å². The molecule has 0 bridgehead atoms. The van der Waals surface area contributed by atoms with E-state index in [1.165, 1.54) is 5.39 Å². The lowest BCUT2D eigenvalue weighted by molar-refractivity contribution is 0.579. The summed E-state index contributed by atoms with van der Waals surface area (Å²) in [6.07, 6.45) is 1.91. The topological polar surface area (TPSA) is 74.0 Å². The number of hydrogen-bond donors (Lipinski definition) is 3. The molecule has 0 atom stereocenters. The zero-order chi connectivity index (χ0) is 13.7. The van der Waals surface area contributed by atoms with Gasteiger partial charge in [-0.25, -0.2) is 13.1 Å². The highest BCUT2D eigenvalue weighted by Crippen LogP contribution is 2.13. The van der Waals surface area contributed by atoms with Crippen molar-refractivity contribution in [2.24, 2.45) is 0 Å². The second kappa shape index (κ2) is 6.18. The lowest BCUT2D eigenvalue weighted by Gasteiger charge is -2.06. The number of fused-ring (bicyclic) bond motifs is 1. The maximum atomic E-state index is 11.4. The Morgan fingerprint density at radius 3 is 2.89 bits per heavy atom. The van der Waals surface area contributed by atoms with Crippen molar-refractivity contribution >= 4 is 20.9 Å². The largest absolute Gasteiger partial charge is 0.361 e. The van der Waals surface area contributed by atoms with Gasteiger partial charge in [0.05, 0.1) is 5.75 Å². The van der Waals surface area contributed by atoms with Gasteiger partial charge in [0.25, 0.3) is 0 Å². The van der Waals surface area contributed by atoms with Crippen LogP contribution in [-0.2, 0) is 16.6 Å². The number of nitrogens with one attached hydrogen (secondary N) is 3. The highest BCUT2D eigenvalue weighted by atomic mass is 32.2. The molecule has 0 saturated heterocycles. The summed E-state index contributed by atoms with van der Waals surface area (Å²) in [6.45, 7) is 3.32. The summed E-state index contributed by atoms with van der Waals surface area (Å²) in [7, 11) is -3.13. The number of aromatic nitrogens is 1. The van der Waals surface area contributed by atoms with Crippen molar-refractivity contribution in [1.82, 2.24) is 15.0 Å². The van der Waals surface area contributed by atoms with Gasteiger partial charge >= 0.3 is 0 Å². The molecule has 0 fully saturated rings. The maximum absolute atomic E-state index is 11.4. The van der Waals surface area contributed by atoms with Crippen LogP contribution in [0.15, 0.2) is 30.5 Å². The van der Waals surface area contributed by atoms with Crippen molar-refractivity contribution in [3.05, 3.63) is 36.0 Å². The monoisotopic (exact) mass is 281 g/mol. The number of sulfonamides is 1. The van der Waals surface area contributed by atoms with E-state index in [0.29, 0.717) is 19.6 Å². The van der Waals surface area contributed by atoms with Gasteiger partial charge in [-0.2, -0.15) is 0 Å². The summed E-state index contributed by atoms with van der Waals surface area (Å²) in [5.74, 6) is 0.103. The van der Waals surface area contributed by atoms with Crippen LogP contribution in [0, 0.1) is 0 Å². The molecule has 2 rings (SSSR count). The Balaban J connectivity index is 1.82. The first kappa shape index (κ1) is 14.0. The summed E-state index contributed by atoms with van der Waals surface area (Å²) in [6, 6.07) is 8.19. The van der Waals surface area contributed by atoms with E-state index in [1.54, 1.807) is 6.92 Å². The molecule has 0 amide bonds. The van der Waals surface area contributed by atoms with E-state index >= 15 is 0 Å². The predicted octanol–water partition coefficient (Wildman–Crippen LogP) is 1.20. The fraction of sp³-hybridized carbons (Fsp3) is 0.385. The normalized spacial score (nSPS) is 12.1. The Kier molecular flexibility index (Phi) is 4.57. The van der Waals surface area contributed by atoms with E-state index in [2.05, 4.69) is 27.2 Å². The Labute approximate surface area is 113 Å². The van der Waals surface area contributed by atoms with E-state index in [9.17, 15) is 8.42 Å². The number of H-pyrrole nitrogens is 1. The SMILES string of the molecule is CCNS(=O)(=O)CCNCc1ccc2cc[nH]c2c1. The van der Waals surface area contributed by atoms with Gasteiger partial charge in [-0.15, -0.1) is 0 Å². The second-order valence-corrected chi connectivity index (χ2v) is 6.32. The van der Waals surface area contributed by atoms with Crippen LogP contribution in [0.5, 0.6) is 0 Å². The molecule has 0 aliphatic heterocycles. The van der Waals surface area contributed by atoms with Crippen molar-refractivity contribution in [2.75, 3.05) is 18.8 Å². The van der Waals surface area contributed by atoms with E-state index < -0.39 is 10.0 Å². The third-order valence-electron chi connectivity index (χ3n) is 2.86. The molecule has 0 aliphatic rings. The molecule has 2 aromatic rings. The van der Waals surface area contributed by atoms with Gasteiger partial charge in [-0.05, 0) is 23.1 Å². The Bertz CT molecular complexity index is 634. The fourth-order valence-corrected chi connectivity index (χ4v) is 2.93. The molecule has 0 radical (unpaired) electrons. The van der Waals surface area contributed by atoms with Crippen LogP contribution in [0.2, 0.25) is 0 Å². The molecule has 6 heteroatoms. The molecule has 1 aromatic heterocycles. The molecular weight excluding hydrogens is 262 g/mol. The van der Waals surface area contributed by atoms with Gasteiger partial charge in [0.15, 0.2) is 0 Å². The van der Waals surface area contributed by atoms with E-state index in [4.69, 9.17) is 0 Å². The van der Waals surface area contributed by atoms with Crippen LogP contribution in [0.4, 0.5) is 0 Å². The molecule has 1 heterocycles. The molecule has 0 spiro atoms. The standard InChI is InChI=1S/C13H19N3O2S/c1-2-16-19(17,18)8-7-14-10-11-3-4-12-5-6-15-13(12)9-11/h3-6,9,14-16H,2,7-8,10H2,1H3. The summed E-state index contributed by atoms with van der Waals surface area (Å²) < 4.78 is 25.3. The van der Waals surface area contributed by atoms with Gasteiger partial charge < -0.3 is 10.3 Å². The third-order valence-corrected chi connectivity index (χ3v) is 4.33. The average Bonchev–Trinajstić information content (AvgIpc) is 2.82. The van der Waals surface area contributed by atoms with Crippen molar-refractivity contribution in [3.8, 4) is 0 Å². The van der Waals surface area contributed by atoms with E-state index in [1.807, 2.05) is 18.3 Å². The maximum Gasteiger partial charge on any atom is 0.212 e. The van der Waals surface area contributed by atoms with Gasteiger partial charge in [-0.3, -0.25) is 0 Å². The van der Waals surface area contributed by atoms with Crippen molar-refractivity contribution in [2.45, 2.75) is 13.5 Å². The van der Waals surface area contributed by atoms with Crippen molar-refractivity contribution in [1.29, 1.82) is 0 Å². The predicted molar refractivity (Wildman–Crippen MR) is 77.5 cm³/mol. The van der Waals surface area contributed by atoms with Gasteiger partial charge in [0.2, 0.25) is 10.0 Å². The zero-order valence-corrected chi connectivity index (χ0v) is 11.8. The summed E-state index contributed by atoms with van der Waals surface area (Å²) in [5, 5.41) is 4.32. The van der Waals surface area contributed by atoms with E-state index in [-0.39, 0.29) is 5.75 Å². The van der Waals surface area contributed by atoms with Crippen LogP contribution >= 0.6 is 0 Å². The van der Waals surface area contributed by atoms with Crippen LogP contribution in [0.25, 0.3) is 10.9 Å².